The zero-order chi connectivity index (χ0) is 24.4. The number of sulfonamides is 1. The Labute approximate surface area is 190 Å². The largest absolute Gasteiger partial charge is 0.421 e. The molecule has 3 aliphatic rings. The van der Waals surface area contributed by atoms with Crippen LogP contribution in [0.1, 0.15) is 52.4 Å². The van der Waals surface area contributed by atoms with Crippen molar-refractivity contribution in [3.63, 3.8) is 0 Å². The monoisotopic (exact) mass is 485 g/mol. The van der Waals surface area contributed by atoms with Crippen LogP contribution in [-0.4, -0.2) is 42.8 Å². The Kier molecular flexibility index (Phi) is 5.44. The fraction of sp³-hybridized carbons (Fsp3) is 0.545. The van der Waals surface area contributed by atoms with Crippen molar-refractivity contribution >= 4 is 27.4 Å². The normalized spacial score (nSPS) is 26.3. The molecule has 0 bridgehead atoms. The number of nitrogens with two attached hydrogens (primary N) is 1. The number of carbonyl (C=O) groups is 2. The Hall–Kier alpha value is -2.40. The summed E-state index contributed by atoms with van der Waals surface area (Å²) in [6.07, 6.45) is -3.06. The molecule has 0 saturated heterocycles. The number of carbonyl (C=O) groups excluding carboxylic acids is 2. The van der Waals surface area contributed by atoms with Gasteiger partial charge in [-0.2, -0.15) is 17.9 Å². The number of halogens is 3. The van der Waals surface area contributed by atoms with Gasteiger partial charge in [0, 0.05) is 23.8 Å². The van der Waals surface area contributed by atoms with Crippen molar-refractivity contribution < 1.29 is 31.2 Å². The first kappa shape index (κ1) is 23.7. The van der Waals surface area contributed by atoms with E-state index in [4.69, 9.17) is 5.73 Å². The molecule has 1 aromatic rings. The number of hydrogen-bond donors (Lipinski definition) is 2. The molecule has 1 aliphatic heterocycles. The third-order valence-electron chi connectivity index (χ3n) is 6.65. The zero-order valence-corrected chi connectivity index (χ0v) is 19.1. The summed E-state index contributed by atoms with van der Waals surface area (Å²) in [5.74, 6) is -2.32. The minimum Gasteiger partial charge on any atom is -0.399 e. The maximum Gasteiger partial charge on any atom is 0.421 e. The van der Waals surface area contributed by atoms with Gasteiger partial charge in [0.15, 0.2) is 5.78 Å². The number of hydrogen-bond acceptors (Lipinski definition) is 5. The molecule has 1 fully saturated rings. The van der Waals surface area contributed by atoms with Crippen molar-refractivity contribution in [2.24, 2.45) is 5.41 Å². The van der Waals surface area contributed by atoms with E-state index in [0.29, 0.717) is 12.8 Å². The van der Waals surface area contributed by atoms with Crippen LogP contribution in [0.5, 0.6) is 0 Å². The number of rotatable bonds is 4. The fourth-order valence-corrected chi connectivity index (χ4v) is 6.52. The lowest BCUT2D eigenvalue weighted by Crippen LogP contribution is -2.66. The number of nitrogens with one attached hydrogen (secondary N) is 1. The van der Waals surface area contributed by atoms with E-state index in [0.717, 1.165) is 29.9 Å². The van der Waals surface area contributed by atoms with Crippen LogP contribution in [-0.2, 0) is 19.6 Å². The molecule has 1 saturated carbocycles. The van der Waals surface area contributed by atoms with Crippen molar-refractivity contribution in [3.05, 3.63) is 35.5 Å². The highest BCUT2D eigenvalue weighted by Gasteiger charge is 2.72. The standard InChI is InChI=1S/C22H26F3N3O4S/c1-20(2)11-16-18(17(29)12-20)21(22(23,24)25,19(30)28(16)14-5-3-4-6-14)27-33(31,32)15-9-7-13(26)8-10-15/h7-10,14,27H,3-6,11-12,26H2,1-2H3. The molecular formula is C22H26F3N3O4S. The molecule has 7 nitrogen and oxygen atoms in total. The van der Waals surface area contributed by atoms with Crippen LogP contribution in [0.25, 0.3) is 0 Å². The van der Waals surface area contributed by atoms with Gasteiger partial charge in [-0.05, 0) is 48.9 Å². The number of nitrogen functional groups attached to an aromatic ring is 1. The smallest absolute Gasteiger partial charge is 0.399 e. The molecule has 1 unspecified atom stereocenters. The van der Waals surface area contributed by atoms with Gasteiger partial charge in [0.2, 0.25) is 15.6 Å². The second-order valence-corrected chi connectivity index (χ2v) is 11.5. The predicted molar refractivity (Wildman–Crippen MR) is 114 cm³/mol. The first-order valence-corrected chi connectivity index (χ1v) is 12.2. The molecule has 4 rings (SSSR count). The molecule has 33 heavy (non-hydrogen) atoms. The Bertz CT molecular complexity index is 1140. The highest BCUT2D eigenvalue weighted by molar-refractivity contribution is 7.89. The van der Waals surface area contributed by atoms with Crippen LogP contribution < -0.4 is 10.5 Å². The molecule has 180 valence electrons. The maximum absolute atomic E-state index is 14.8. The van der Waals surface area contributed by atoms with Gasteiger partial charge in [-0.15, -0.1) is 0 Å². The van der Waals surface area contributed by atoms with E-state index in [1.165, 1.54) is 12.1 Å². The Morgan fingerprint density at radius 3 is 2.18 bits per heavy atom. The second kappa shape index (κ2) is 7.56. The molecule has 0 radical (unpaired) electrons. The number of ketones is 1. The lowest BCUT2D eigenvalue weighted by molar-refractivity contribution is -0.189. The van der Waals surface area contributed by atoms with Gasteiger partial charge >= 0.3 is 6.18 Å². The summed E-state index contributed by atoms with van der Waals surface area (Å²) < 4.78 is 72.2. The molecule has 1 amide bonds. The minimum atomic E-state index is -5.38. The fourth-order valence-electron chi connectivity index (χ4n) is 5.20. The number of nitrogens with zero attached hydrogens (tertiary/aromatic N) is 1. The van der Waals surface area contributed by atoms with Crippen LogP contribution in [0.2, 0.25) is 0 Å². The van der Waals surface area contributed by atoms with Gasteiger partial charge in [0.25, 0.3) is 5.91 Å². The van der Waals surface area contributed by atoms with Crippen LogP contribution in [0.15, 0.2) is 40.4 Å². The van der Waals surface area contributed by atoms with Gasteiger partial charge in [-0.3, -0.25) is 9.59 Å². The SMILES string of the molecule is CC1(C)CC(=O)C2=C(C1)N(C1CCCC1)C(=O)C2(NS(=O)(=O)c1ccc(N)cc1)C(F)(F)F. The lowest BCUT2D eigenvalue weighted by atomic mass is 9.72. The molecule has 11 heteroatoms. The van der Waals surface area contributed by atoms with E-state index in [-0.39, 0.29) is 24.2 Å². The number of benzene rings is 1. The highest BCUT2D eigenvalue weighted by Crippen LogP contribution is 2.53. The summed E-state index contributed by atoms with van der Waals surface area (Å²) in [5, 5.41) is 0. The maximum atomic E-state index is 14.8. The molecule has 3 N–H and O–H groups in total. The molecule has 1 aromatic carbocycles. The highest BCUT2D eigenvalue weighted by atomic mass is 32.2. The summed E-state index contributed by atoms with van der Waals surface area (Å²) in [7, 11) is -4.84. The molecule has 2 aliphatic carbocycles. The number of anilines is 1. The average Bonchev–Trinajstić information content (AvgIpc) is 3.26. The zero-order valence-electron chi connectivity index (χ0n) is 18.3. The summed E-state index contributed by atoms with van der Waals surface area (Å²) in [6.45, 7) is 3.50. The van der Waals surface area contributed by atoms with E-state index in [1.54, 1.807) is 18.6 Å². The Balaban J connectivity index is 1.93. The van der Waals surface area contributed by atoms with Crippen molar-refractivity contribution in [2.45, 2.75) is 75.0 Å². The minimum absolute atomic E-state index is 0.00881. The number of allylic oxidation sites excluding steroid dienone is 1. The summed E-state index contributed by atoms with van der Waals surface area (Å²) in [4.78, 5) is 27.3. The summed E-state index contributed by atoms with van der Waals surface area (Å²) in [5.41, 5.74) is 0.657. The second-order valence-electron chi connectivity index (χ2n) is 9.80. The number of Topliss-reactive ketones (excluding diaryl/α,β-unsaturated/α-hetero) is 1. The number of amides is 1. The van der Waals surface area contributed by atoms with Crippen LogP contribution in [0, 0.1) is 5.41 Å². The van der Waals surface area contributed by atoms with Crippen molar-refractivity contribution in [3.8, 4) is 0 Å². The first-order valence-electron chi connectivity index (χ1n) is 10.8. The van der Waals surface area contributed by atoms with E-state index in [2.05, 4.69) is 0 Å². The predicted octanol–water partition coefficient (Wildman–Crippen LogP) is 3.28. The van der Waals surface area contributed by atoms with E-state index >= 15 is 0 Å². The van der Waals surface area contributed by atoms with Crippen LogP contribution >= 0.6 is 0 Å². The van der Waals surface area contributed by atoms with Crippen molar-refractivity contribution in [1.82, 2.24) is 9.62 Å². The van der Waals surface area contributed by atoms with Crippen LogP contribution in [0.4, 0.5) is 18.9 Å². The number of alkyl halides is 3. The van der Waals surface area contributed by atoms with Gasteiger partial charge in [0.1, 0.15) is 0 Å². The van der Waals surface area contributed by atoms with E-state index in [1.807, 2.05) is 0 Å². The molecule has 0 aromatic heterocycles. The van der Waals surface area contributed by atoms with E-state index < -0.39 is 55.4 Å². The average molecular weight is 486 g/mol. The summed E-state index contributed by atoms with van der Waals surface area (Å²) >= 11 is 0. The first-order chi connectivity index (χ1) is 15.2. The Morgan fingerprint density at radius 2 is 1.64 bits per heavy atom. The molecular weight excluding hydrogens is 459 g/mol. The quantitative estimate of drug-likeness (QED) is 0.636. The lowest BCUT2D eigenvalue weighted by Gasteiger charge is -2.35. The Morgan fingerprint density at radius 1 is 1.06 bits per heavy atom. The third kappa shape index (κ3) is 3.74. The van der Waals surface area contributed by atoms with Crippen molar-refractivity contribution in [1.29, 1.82) is 0 Å². The van der Waals surface area contributed by atoms with Gasteiger partial charge in [-0.25, -0.2) is 8.42 Å². The molecule has 1 heterocycles. The van der Waals surface area contributed by atoms with Gasteiger partial charge in [0.05, 0.1) is 10.5 Å². The van der Waals surface area contributed by atoms with E-state index in [9.17, 15) is 31.2 Å². The van der Waals surface area contributed by atoms with Gasteiger partial charge < -0.3 is 10.6 Å². The topological polar surface area (TPSA) is 110 Å². The van der Waals surface area contributed by atoms with Crippen LogP contribution in [0.3, 0.4) is 0 Å². The summed E-state index contributed by atoms with van der Waals surface area (Å²) in [6, 6.07) is 4.06. The molecule has 1 atom stereocenters. The van der Waals surface area contributed by atoms with Crippen molar-refractivity contribution in [2.75, 3.05) is 5.73 Å². The van der Waals surface area contributed by atoms with Gasteiger partial charge in [-0.1, -0.05) is 26.7 Å². The molecule has 0 spiro atoms. The third-order valence-corrected chi connectivity index (χ3v) is 8.12.